The number of hydrogen-bond acceptors (Lipinski definition) is 3. The molecule has 3 aliphatic rings. The highest BCUT2D eigenvalue weighted by molar-refractivity contribution is 6.31. The molecular weight excluding hydrogens is 382 g/mol. The highest BCUT2D eigenvalue weighted by atomic mass is 35.5. The van der Waals surface area contributed by atoms with E-state index in [9.17, 15) is 4.79 Å². The number of halogens is 1. The van der Waals surface area contributed by atoms with Crippen molar-refractivity contribution in [1.29, 1.82) is 0 Å². The fourth-order valence-electron chi connectivity index (χ4n) is 5.20. The van der Waals surface area contributed by atoms with Crippen molar-refractivity contribution in [1.82, 2.24) is 4.90 Å². The van der Waals surface area contributed by atoms with Crippen molar-refractivity contribution in [3.63, 3.8) is 0 Å². The number of rotatable bonds is 4. The van der Waals surface area contributed by atoms with Crippen molar-refractivity contribution in [2.24, 2.45) is 5.92 Å². The Hall–Kier alpha value is -1.84. The molecule has 1 aliphatic heterocycles. The van der Waals surface area contributed by atoms with E-state index in [-0.39, 0.29) is 11.9 Å². The van der Waals surface area contributed by atoms with Crippen LogP contribution in [0, 0.1) is 5.92 Å². The minimum Gasteiger partial charge on any atom is -0.469 e. The quantitative estimate of drug-likeness (QED) is 0.601. The van der Waals surface area contributed by atoms with Gasteiger partial charge in [-0.1, -0.05) is 41.9 Å². The largest absolute Gasteiger partial charge is 0.469 e. The number of methoxy groups -OCH3 is 1. The van der Waals surface area contributed by atoms with Gasteiger partial charge in [0.2, 0.25) is 0 Å². The Labute approximate surface area is 178 Å². The maximum atomic E-state index is 11.8. The summed E-state index contributed by atoms with van der Waals surface area (Å²) >= 11 is 6.56. The number of aryl methyl sites for hydroxylation is 1. The van der Waals surface area contributed by atoms with Gasteiger partial charge in [0.05, 0.1) is 13.0 Å². The zero-order chi connectivity index (χ0) is 20.0. The maximum absolute atomic E-state index is 11.8. The second kappa shape index (κ2) is 7.77. The van der Waals surface area contributed by atoms with Crippen LogP contribution in [0.3, 0.4) is 0 Å². The average molecular weight is 410 g/mol. The first kappa shape index (κ1) is 19.1. The molecule has 2 aliphatic carbocycles. The van der Waals surface area contributed by atoms with Gasteiger partial charge >= 0.3 is 5.97 Å². The monoisotopic (exact) mass is 409 g/mol. The molecular formula is C25H28ClNO2. The van der Waals surface area contributed by atoms with E-state index < -0.39 is 0 Å². The maximum Gasteiger partial charge on any atom is 0.308 e. The van der Waals surface area contributed by atoms with Crippen LogP contribution in [0.1, 0.15) is 60.8 Å². The zero-order valence-corrected chi connectivity index (χ0v) is 17.8. The number of esters is 1. The van der Waals surface area contributed by atoms with E-state index >= 15 is 0 Å². The molecule has 1 saturated heterocycles. The molecule has 4 heteroatoms. The number of hydrogen-bond donors (Lipinski definition) is 0. The van der Waals surface area contributed by atoms with Crippen LogP contribution in [-0.4, -0.2) is 31.1 Å². The van der Waals surface area contributed by atoms with Crippen LogP contribution in [-0.2, 0) is 16.0 Å². The van der Waals surface area contributed by atoms with Gasteiger partial charge in [0.15, 0.2) is 0 Å². The van der Waals surface area contributed by atoms with Gasteiger partial charge in [-0.05, 0) is 91.4 Å². The van der Waals surface area contributed by atoms with E-state index in [4.69, 9.17) is 16.3 Å². The number of ether oxygens (including phenoxy) is 1. The summed E-state index contributed by atoms with van der Waals surface area (Å²) in [7, 11) is 1.49. The molecule has 2 aromatic rings. The second-order valence-corrected chi connectivity index (χ2v) is 9.22. The van der Waals surface area contributed by atoms with E-state index in [2.05, 4.69) is 41.3 Å². The highest BCUT2D eigenvalue weighted by Gasteiger charge is 2.33. The predicted octanol–water partition coefficient (Wildman–Crippen LogP) is 5.76. The molecule has 1 unspecified atom stereocenters. The van der Waals surface area contributed by atoms with E-state index in [1.807, 2.05) is 0 Å². The lowest BCUT2D eigenvalue weighted by atomic mass is 9.94. The Morgan fingerprint density at radius 2 is 1.66 bits per heavy atom. The number of likely N-dealkylation sites (tertiary alicyclic amines) is 1. The van der Waals surface area contributed by atoms with Crippen molar-refractivity contribution < 1.29 is 9.53 Å². The van der Waals surface area contributed by atoms with E-state index in [0.29, 0.717) is 12.0 Å². The number of carbonyl (C=O) groups is 1. The third-order valence-electron chi connectivity index (χ3n) is 7.04. The number of benzene rings is 2. The smallest absolute Gasteiger partial charge is 0.308 e. The molecule has 0 N–H and O–H groups in total. The Morgan fingerprint density at radius 3 is 2.31 bits per heavy atom. The third-order valence-corrected chi connectivity index (χ3v) is 7.37. The highest BCUT2D eigenvalue weighted by Crippen LogP contribution is 2.45. The molecule has 0 aromatic heterocycles. The SMILES string of the molecule is COC(=O)C1CCN(C2CCc3cc(-c4ccc(C5CC5)c(Cl)c4)ccc32)CC1. The number of fused-ring (bicyclic) bond motifs is 1. The van der Waals surface area contributed by atoms with Crippen LogP contribution >= 0.6 is 11.6 Å². The number of piperidine rings is 1. The fraction of sp³-hybridized carbons (Fsp3) is 0.480. The minimum atomic E-state index is -0.0486. The minimum absolute atomic E-state index is 0.0486. The summed E-state index contributed by atoms with van der Waals surface area (Å²) in [5.41, 5.74) is 6.71. The Balaban J connectivity index is 1.32. The standard InChI is InChI=1S/C25H28ClNO2/c1-29-25(28)17-10-12-27(13-11-17)24-9-6-20-14-18(5-8-22(20)24)19-4-7-21(16-2-3-16)23(26)15-19/h4-5,7-8,14-17,24H,2-3,6,9-13H2,1H3. The Bertz CT molecular complexity index is 928. The van der Waals surface area contributed by atoms with Crippen molar-refractivity contribution in [2.75, 3.05) is 20.2 Å². The molecule has 5 rings (SSSR count). The summed E-state index contributed by atoms with van der Waals surface area (Å²) in [6.45, 7) is 1.95. The summed E-state index contributed by atoms with van der Waals surface area (Å²) in [4.78, 5) is 14.4. The lowest BCUT2D eigenvalue weighted by Crippen LogP contribution is -2.38. The number of nitrogens with zero attached hydrogens (tertiary/aromatic N) is 1. The molecule has 1 atom stereocenters. The molecule has 0 bridgehead atoms. The zero-order valence-electron chi connectivity index (χ0n) is 17.0. The van der Waals surface area contributed by atoms with Gasteiger partial charge in [0.1, 0.15) is 0 Å². The van der Waals surface area contributed by atoms with Crippen LogP contribution in [0.15, 0.2) is 36.4 Å². The first-order chi connectivity index (χ1) is 14.1. The third kappa shape index (κ3) is 3.71. The lowest BCUT2D eigenvalue weighted by Gasteiger charge is -2.35. The normalized spacial score (nSPS) is 22.5. The van der Waals surface area contributed by atoms with Crippen molar-refractivity contribution in [3.05, 3.63) is 58.1 Å². The lowest BCUT2D eigenvalue weighted by molar-refractivity contribution is -0.147. The summed E-state index contributed by atoms with van der Waals surface area (Å²) in [6, 6.07) is 14.0. The van der Waals surface area contributed by atoms with Crippen LogP contribution in [0.25, 0.3) is 11.1 Å². The molecule has 3 nitrogen and oxygen atoms in total. The van der Waals surface area contributed by atoms with Gasteiger partial charge in [0, 0.05) is 11.1 Å². The molecule has 0 radical (unpaired) electrons. The average Bonchev–Trinajstić information content (AvgIpc) is 3.51. The molecule has 2 fully saturated rings. The van der Waals surface area contributed by atoms with E-state index in [1.165, 1.54) is 54.2 Å². The van der Waals surface area contributed by atoms with Crippen LogP contribution < -0.4 is 0 Å². The van der Waals surface area contributed by atoms with Gasteiger partial charge < -0.3 is 4.74 Å². The summed E-state index contributed by atoms with van der Waals surface area (Å²) in [5, 5.41) is 0.914. The van der Waals surface area contributed by atoms with Crippen LogP contribution in [0.2, 0.25) is 5.02 Å². The molecule has 0 spiro atoms. The van der Waals surface area contributed by atoms with Gasteiger partial charge in [-0.3, -0.25) is 9.69 Å². The first-order valence-electron chi connectivity index (χ1n) is 10.9. The first-order valence-corrected chi connectivity index (χ1v) is 11.3. The summed E-state index contributed by atoms with van der Waals surface area (Å²) < 4.78 is 4.93. The second-order valence-electron chi connectivity index (χ2n) is 8.81. The van der Waals surface area contributed by atoms with Gasteiger partial charge in [0.25, 0.3) is 0 Å². The van der Waals surface area contributed by atoms with Crippen molar-refractivity contribution in [2.45, 2.75) is 50.5 Å². The van der Waals surface area contributed by atoms with Gasteiger partial charge in [-0.15, -0.1) is 0 Å². The van der Waals surface area contributed by atoms with Gasteiger partial charge in [-0.25, -0.2) is 0 Å². The summed E-state index contributed by atoms with van der Waals surface area (Å²) in [6.07, 6.45) is 6.65. The molecule has 152 valence electrons. The molecule has 29 heavy (non-hydrogen) atoms. The topological polar surface area (TPSA) is 29.5 Å². The molecule has 0 amide bonds. The Morgan fingerprint density at radius 1 is 0.966 bits per heavy atom. The fourth-order valence-corrected chi connectivity index (χ4v) is 5.53. The summed E-state index contributed by atoms with van der Waals surface area (Å²) in [5.74, 6) is 0.705. The van der Waals surface area contributed by atoms with Crippen LogP contribution in [0.4, 0.5) is 0 Å². The van der Waals surface area contributed by atoms with Crippen LogP contribution in [0.5, 0.6) is 0 Å². The molecule has 2 aromatic carbocycles. The van der Waals surface area contributed by atoms with E-state index in [1.54, 1.807) is 0 Å². The van der Waals surface area contributed by atoms with Crippen molar-refractivity contribution in [3.8, 4) is 11.1 Å². The predicted molar refractivity (Wildman–Crippen MR) is 116 cm³/mol. The van der Waals surface area contributed by atoms with E-state index in [0.717, 1.165) is 37.4 Å². The molecule has 1 saturated carbocycles. The van der Waals surface area contributed by atoms with Crippen molar-refractivity contribution >= 4 is 17.6 Å². The van der Waals surface area contributed by atoms with Gasteiger partial charge in [-0.2, -0.15) is 0 Å². The molecule has 1 heterocycles. The number of carbonyl (C=O) groups excluding carboxylic acids is 1. The Kier molecular flexibility index (Phi) is 5.13.